The van der Waals surface area contributed by atoms with Crippen LogP contribution in [0.25, 0.3) is 0 Å². The van der Waals surface area contributed by atoms with E-state index in [1.54, 1.807) is 54.6 Å². The average molecular weight is 387 g/mol. The third-order valence-electron chi connectivity index (χ3n) is 4.26. The molecular formula is C23H21N3O3. The lowest BCUT2D eigenvalue weighted by atomic mass is 10.1. The zero-order valence-electron chi connectivity index (χ0n) is 16.2. The summed E-state index contributed by atoms with van der Waals surface area (Å²) < 4.78 is 0. The molecule has 3 aromatic carbocycles. The van der Waals surface area contributed by atoms with Crippen LogP contribution in [-0.2, 0) is 0 Å². The maximum absolute atomic E-state index is 12.3. The Morgan fingerprint density at radius 1 is 0.586 bits per heavy atom. The quantitative estimate of drug-likeness (QED) is 0.598. The smallest absolute Gasteiger partial charge is 0.269 e. The van der Waals surface area contributed by atoms with Crippen molar-refractivity contribution in [2.45, 2.75) is 13.8 Å². The van der Waals surface area contributed by atoms with Gasteiger partial charge in [0.05, 0.1) is 0 Å². The molecule has 0 bridgehead atoms. The second-order valence-electron chi connectivity index (χ2n) is 6.68. The molecular weight excluding hydrogens is 366 g/mol. The second-order valence-corrected chi connectivity index (χ2v) is 6.68. The minimum absolute atomic E-state index is 0.226. The molecule has 0 saturated heterocycles. The van der Waals surface area contributed by atoms with E-state index in [1.807, 2.05) is 32.0 Å². The van der Waals surface area contributed by atoms with Crippen molar-refractivity contribution >= 4 is 23.4 Å². The SMILES string of the molecule is Cc1cccc(C(=O)NNC(=O)c2ccc(NC(=O)c3cccc(C)c3)cc2)c1. The number of rotatable bonds is 4. The van der Waals surface area contributed by atoms with Crippen molar-refractivity contribution in [2.24, 2.45) is 0 Å². The summed E-state index contributed by atoms with van der Waals surface area (Å²) in [4.78, 5) is 36.6. The van der Waals surface area contributed by atoms with Gasteiger partial charge in [-0.15, -0.1) is 0 Å². The maximum atomic E-state index is 12.3. The van der Waals surface area contributed by atoms with E-state index in [1.165, 1.54) is 0 Å². The Bertz CT molecular complexity index is 1060. The summed E-state index contributed by atoms with van der Waals surface area (Å²) in [6.45, 7) is 3.80. The first-order valence-corrected chi connectivity index (χ1v) is 9.08. The van der Waals surface area contributed by atoms with E-state index in [0.29, 0.717) is 22.4 Å². The zero-order valence-corrected chi connectivity index (χ0v) is 16.2. The lowest BCUT2D eigenvalue weighted by Gasteiger charge is -2.09. The normalized spacial score (nSPS) is 10.1. The number of benzene rings is 3. The van der Waals surface area contributed by atoms with E-state index < -0.39 is 11.8 Å². The summed E-state index contributed by atoms with van der Waals surface area (Å²) in [6, 6.07) is 20.7. The van der Waals surface area contributed by atoms with Gasteiger partial charge >= 0.3 is 0 Å². The van der Waals surface area contributed by atoms with Gasteiger partial charge in [0.2, 0.25) is 0 Å². The van der Waals surface area contributed by atoms with Gasteiger partial charge in [-0.3, -0.25) is 25.2 Å². The molecule has 0 aliphatic heterocycles. The second kappa shape index (κ2) is 8.84. The number of anilines is 1. The van der Waals surface area contributed by atoms with Gasteiger partial charge < -0.3 is 5.32 Å². The molecule has 6 heteroatoms. The van der Waals surface area contributed by atoms with Gasteiger partial charge in [-0.2, -0.15) is 0 Å². The Morgan fingerprint density at radius 3 is 1.59 bits per heavy atom. The van der Waals surface area contributed by atoms with Crippen molar-refractivity contribution in [3.05, 3.63) is 101 Å². The van der Waals surface area contributed by atoms with Gasteiger partial charge in [0.1, 0.15) is 0 Å². The molecule has 3 aromatic rings. The van der Waals surface area contributed by atoms with Crippen LogP contribution in [0.4, 0.5) is 5.69 Å². The molecule has 0 spiro atoms. The van der Waals surface area contributed by atoms with Crippen molar-refractivity contribution in [1.82, 2.24) is 10.9 Å². The van der Waals surface area contributed by atoms with E-state index in [2.05, 4.69) is 16.2 Å². The molecule has 0 aliphatic rings. The highest BCUT2D eigenvalue weighted by atomic mass is 16.2. The number of amides is 3. The fourth-order valence-electron chi connectivity index (χ4n) is 2.74. The molecule has 3 amide bonds. The molecule has 0 fully saturated rings. The zero-order chi connectivity index (χ0) is 20.8. The molecule has 3 N–H and O–H groups in total. The molecule has 0 radical (unpaired) electrons. The van der Waals surface area contributed by atoms with Gasteiger partial charge in [0.25, 0.3) is 17.7 Å². The van der Waals surface area contributed by atoms with E-state index in [-0.39, 0.29) is 5.91 Å². The number of hydrogen-bond acceptors (Lipinski definition) is 3. The van der Waals surface area contributed by atoms with E-state index in [0.717, 1.165) is 11.1 Å². The third kappa shape index (κ3) is 5.29. The highest BCUT2D eigenvalue weighted by Crippen LogP contribution is 2.12. The minimum atomic E-state index is -0.456. The first-order chi connectivity index (χ1) is 13.9. The van der Waals surface area contributed by atoms with Gasteiger partial charge in [0, 0.05) is 22.4 Å². The lowest BCUT2D eigenvalue weighted by Crippen LogP contribution is -2.41. The number of nitrogens with one attached hydrogen (secondary N) is 3. The molecule has 0 aliphatic carbocycles. The summed E-state index contributed by atoms with van der Waals surface area (Å²) in [5.74, 6) is -1.08. The van der Waals surface area contributed by atoms with Crippen LogP contribution in [0.3, 0.4) is 0 Å². The van der Waals surface area contributed by atoms with Gasteiger partial charge in [-0.05, 0) is 62.4 Å². The first kappa shape index (κ1) is 19.8. The van der Waals surface area contributed by atoms with Crippen LogP contribution in [0.5, 0.6) is 0 Å². The van der Waals surface area contributed by atoms with Crippen molar-refractivity contribution < 1.29 is 14.4 Å². The molecule has 0 unspecified atom stereocenters. The van der Waals surface area contributed by atoms with Crippen molar-refractivity contribution in [2.75, 3.05) is 5.32 Å². The number of carbonyl (C=O) groups is 3. The summed E-state index contributed by atoms with van der Waals surface area (Å²) in [5, 5.41) is 2.79. The highest BCUT2D eigenvalue weighted by Gasteiger charge is 2.10. The van der Waals surface area contributed by atoms with Crippen LogP contribution in [0.15, 0.2) is 72.8 Å². The standard InChI is InChI=1S/C23H21N3O3/c1-15-5-3-7-18(13-15)21(27)24-20-11-9-17(10-12-20)22(28)25-26-23(29)19-8-4-6-16(2)14-19/h3-14H,1-2H3,(H,24,27)(H,25,28)(H,26,29). The van der Waals surface area contributed by atoms with E-state index in [4.69, 9.17) is 0 Å². The minimum Gasteiger partial charge on any atom is -0.322 e. The molecule has 0 atom stereocenters. The largest absolute Gasteiger partial charge is 0.322 e. The van der Waals surface area contributed by atoms with Crippen LogP contribution >= 0.6 is 0 Å². The third-order valence-corrected chi connectivity index (χ3v) is 4.26. The number of aryl methyl sites for hydroxylation is 2. The summed E-state index contributed by atoms with van der Waals surface area (Å²) >= 11 is 0. The van der Waals surface area contributed by atoms with Crippen LogP contribution < -0.4 is 16.2 Å². The summed E-state index contributed by atoms with van der Waals surface area (Å²) in [7, 11) is 0. The predicted octanol–water partition coefficient (Wildman–Crippen LogP) is 3.63. The molecule has 29 heavy (non-hydrogen) atoms. The van der Waals surface area contributed by atoms with Gasteiger partial charge in [0.15, 0.2) is 0 Å². The van der Waals surface area contributed by atoms with Crippen molar-refractivity contribution in [3.8, 4) is 0 Å². The molecule has 0 heterocycles. The van der Waals surface area contributed by atoms with Crippen LogP contribution in [0.2, 0.25) is 0 Å². The molecule has 146 valence electrons. The highest BCUT2D eigenvalue weighted by molar-refractivity contribution is 6.05. The average Bonchev–Trinajstić information content (AvgIpc) is 2.72. The molecule has 0 saturated carbocycles. The Morgan fingerprint density at radius 2 is 1.07 bits per heavy atom. The van der Waals surface area contributed by atoms with Crippen molar-refractivity contribution in [1.29, 1.82) is 0 Å². The van der Waals surface area contributed by atoms with Crippen LogP contribution in [-0.4, -0.2) is 17.7 Å². The predicted molar refractivity (Wildman–Crippen MR) is 112 cm³/mol. The van der Waals surface area contributed by atoms with Crippen LogP contribution in [0.1, 0.15) is 42.2 Å². The Kier molecular flexibility index (Phi) is 6.04. The van der Waals surface area contributed by atoms with Crippen molar-refractivity contribution in [3.63, 3.8) is 0 Å². The summed E-state index contributed by atoms with van der Waals surface area (Å²) in [6.07, 6.45) is 0. The van der Waals surface area contributed by atoms with Crippen LogP contribution in [0, 0.1) is 13.8 Å². The molecule has 0 aromatic heterocycles. The Balaban J connectivity index is 1.57. The molecule has 6 nitrogen and oxygen atoms in total. The summed E-state index contributed by atoms with van der Waals surface area (Å²) in [5.41, 5.74) is 8.66. The fourth-order valence-corrected chi connectivity index (χ4v) is 2.74. The maximum Gasteiger partial charge on any atom is 0.269 e. The first-order valence-electron chi connectivity index (χ1n) is 9.08. The van der Waals surface area contributed by atoms with E-state index >= 15 is 0 Å². The lowest BCUT2D eigenvalue weighted by molar-refractivity contribution is 0.0846. The van der Waals surface area contributed by atoms with Gasteiger partial charge in [-0.25, -0.2) is 0 Å². The number of hydrazine groups is 1. The number of carbonyl (C=O) groups excluding carboxylic acids is 3. The number of hydrogen-bond donors (Lipinski definition) is 3. The fraction of sp³-hybridized carbons (Fsp3) is 0.0870. The van der Waals surface area contributed by atoms with Gasteiger partial charge in [-0.1, -0.05) is 35.4 Å². The Hall–Kier alpha value is -3.93. The topological polar surface area (TPSA) is 87.3 Å². The van der Waals surface area contributed by atoms with E-state index in [9.17, 15) is 14.4 Å². The Labute approximate surface area is 168 Å². The molecule has 3 rings (SSSR count). The monoisotopic (exact) mass is 387 g/mol.